The molecular weight excluding hydrogens is 491 g/mol. The molecule has 2 rings (SSSR count). The molecule has 0 unspecified atom stereocenters. The monoisotopic (exact) mass is 530 g/mol. The molecule has 1 aromatic carbocycles. The molecule has 0 spiro atoms. The van der Waals surface area contributed by atoms with Crippen molar-refractivity contribution in [2.75, 3.05) is 33.3 Å². The molecule has 1 aromatic rings. The van der Waals surface area contributed by atoms with E-state index in [2.05, 4.69) is 51.5 Å². The summed E-state index contributed by atoms with van der Waals surface area (Å²) in [6, 6.07) is 8.86. The number of likely N-dealkylation sites (tertiary alicyclic amines) is 1. The van der Waals surface area contributed by atoms with Gasteiger partial charge in [-0.25, -0.2) is 4.99 Å². The van der Waals surface area contributed by atoms with Crippen LogP contribution < -0.4 is 10.6 Å². The first-order chi connectivity index (χ1) is 14.2. The molecular formula is C23H39IN4O2. The van der Waals surface area contributed by atoms with Crippen LogP contribution in [0.15, 0.2) is 29.3 Å². The number of benzene rings is 1. The van der Waals surface area contributed by atoms with Crippen LogP contribution in [0.1, 0.15) is 63.0 Å². The molecule has 2 N–H and O–H groups in total. The summed E-state index contributed by atoms with van der Waals surface area (Å²) < 4.78 is 4.66. The highest BCUT2D eigenvalue weighted by Gasteiger charge is 2.11. The maximum Gasteiger partial charge on any atom is 0.305 e. The summed E-state index contributed by atoms with van der Waals surface area (Å²) in [4.78, 5) is 18.3. The van der Waals surface area contributed by atoms with E-state index < -0.39 is 0 Å². The van der Waals surface area contributed by atoms with Crippen LogP contribution in [0.3, 0.4) is 0 Å². The Labute approximate surface area is 199 Å². The van der Waals surface area contributed by atoms with E-state index in [4.69, 9.17) is 4.99 Å². The predicted molar refractivity (Wildman–Crippen MR) is 134 cm³/mol. The Kier molecular flexibility index (Phi) is 14.5. The van der Waals surface area contributed by atoms with Crippen molar-refractivity contribution in [3.8, 4) is 0 Å². The molecule has 30 heavy (non-hydrogen) atoms. The van der Waals surface area contributed by atoms with E-state index in [-0.39, 0.29) is 29.9 Å². The summed E-state index contributed by atoms with van der Waals surface area (Å²) in [6.07, 6.45) is 7.30. The summed E-state index contributed by atoms with van der Waals surface area (Å²) in [5, 5.41) is 6.71. The zero-order chi connectivity index (χ0) is 20.7. The summed E-state index contributed by atoms with van der Waals surface area (Å²) in [5.74, 6) is 0.747. The van der Waals surface area contributed by atoms with Crippen molar-refractivity contribution in [1.29, 1.82) is 0 Å². The molecule has 1 aliphatic heterocycles. The summed E-state index contributed by atoms with van der Waals surface area (Å²) in [7, 11) is 1.44. The van der Waals surface area contributed by atoms with E-state index in [1.165, 1.54) is 44.2 Å². The zero-order valence-corrected chi connectivity index (χ0v) is 21.0. The lowest BCUT2D eigenvalue weighted by Gasteiger charge is -2.14. The SMILES string of the molecule is CCNC(=NCc1ccc(CN2CCCC2)cc1)NCCCCCCC(=O)OC.I. The van der Waals surface area contributed by atoms with E-state index >= 15 is 0 Å². The smallest absolute Gasteiger partial charge is 0.305 e. The number of unbranched alkanes of at least 4 members (excludes halogenated alkanes) is 3. The van der Waals surface area contributed by atoms with E-state index in [0.29, 0.717) is 13.0 Å². The number of aliphatic imine (C=N–C) groups is 1. The van der Waals surface area contributed by atoms with E-state index in [1.807, 2.05) is 0 Å². The van der Waals surface area contributed by atoms with Crippen molar-refractivity contribution in [2.24, 2.45) is 4.99 Å². The van der Waals surface area contributed by atoms with E-state index in [0.717, 1.165) is 51.3 Å². The fourth-order valence-electron chi connectivity index (χ4n) is 3.52. The molecule has 0 aromatic heterocycles. The molecule has 0 radical (unpaired) electrons. The third-order valence-corrected chi connectivity index (χ3v) is 5.22. The van der Waals surface area contributed by atoms with Gasteiger partial charge in [0.05, 0.1) is 13.7 Å². The highest BCUT2D eigenvalue weighted by Crippen LogP contribution is 2.13. The van der Waals surface area contributed by atoms with Crippen LogP contribution in [0, 0.1) is 0 Å². The Hall–Kier alpha value is -1.35. The number of halogens is 1. The van der Waals surface area contributed by atoms with Gasteiger partial charge in [0.1, 0.15) is 0 Å². The van der Waals surface area contributed by atoms with Gasteiger partial charge in [0.15, 0.2) is 5.96 Å². The normalized spacial score (nSPS) is 14.3. The second-order valence-corrected chi connectivity index (χ2v) is 7.66. The lowest BCUT2D eigenvalue weighted by atomic mass is 10.1. The Bertz CT molecular complexity index is 616. The van der Waals surface area contributed by atoms with Crippen molar-refractivity contribution in [2.45, 2.75) is 65.0 Å². The quantitative estimate of drug-likeness (QED) is 0.140. The van der Waals surface area contributed by atoms with Gasteiger partial charge in [-0.15, -0.1) is 24.0 Å². The number of hydrogen-bond donors (Lipinski definition) is 2. The van der Waals surface area contributed by atoms with Crippen LogP contribution in [0.25, 0.3) is 0 Å². The Balaban J connectivity index is 0.00000450. The van der Waals surface area contributed by atoms with Crippen LogP contribution in [-0.4, -0.2) is 50.1 Å². The number of methoxy groups -OCH3 is 1. The molecule has 0 aliphatic carbocycles. The molecule has 1 aliphatic rings. The summed E-state index contributed by atoms with van der Waals surface area (Å²) in [6.45, 7) is 8.02. The van der Waals surface area contributed by atoms with Crippen LogP contribution >= 0.6 is 24.0 Å². The minimum absolute atomic E-state index is 0. The van der Waals surface area contributed by atoms with Gasteiger partial charge in [0.2, 0.25) is 0 Å². The average molecular weight is 530 g/mol. The Morgan fingerprint density at radius 3 is 2.37 bits per heavy atom. The van der Waals surface area contributed by atoms with Crippen molar-refractivity contribution >= 4 is 35.9 Å². The molecule has 7 heteroatoms. The van der Waals surface area contributed by atoms with Gasteiger partial charge in [-0.2, -0.15) is 0 Å². The minimum Gasteiger partial charge on any atom is -0.469 e. The molecule has 0 bridgehead atoms. The largest absolute Gasteiger partial charge is 0.469 e. The second kappa shape index (κ2) is 16.4. The maximum atomic E-state index is 11.1. The van der Waals surface area contributed by atoms with Crippen molar-refractivity contribution in [3.05, 3.63) is 35.4 Å². The van der Waals surface area contributed by atoms with Gasteiger partial charge in [0.25, 0.3) is 0 Å². The van der Waals surface area contributed by atoms with Gasteiger partial charge in [-0.1, -0.05) is 37.1 Å². The van der Waals surface area contributed by atoms with Gasteiger partial charge >= 0.3 is 5.97 Å². The number of carbonyl (C=O) groups excluding carboxylic acids is 1. The highest BCUT2D eigenvalue weighted by atomic mass is 127. The second-order valence-electron chi connectivity index (χ2n) is 7.66. The van der Waals surface area contributed by atoms with Gasteiger partial charge in [-0.05, 0) is 56.8 Å². The fourth-order valence-corrected chi connectivity index (χ4v) is 3.52. The van der Waals surface area contributed by atoms with Gasteiger partial charge < -0.3 is 15.4 Å². The minimum atomic E-state index is -0.117. The fraction of sp³-hybridized carbons (Fsp3) is 0.652. The first kappa shape index (κ1) is 26.7. The van der Waals surface area contributed by atoms with Crippen molar-refractivity contribution in [3.63, 3.8) is 0 Å². The van der Waals surface area contributed by atoms with E-state index in [1.54, 1.807) is 0 Å². The van der Waals surface area contributed by atoms with E-state index in [9.17, 15) is 4.79 Å². The average Bonchev–Trinajstić information content (AvgIpc) is 3.25. The van der Waals surface area contributed by atoms with Crippen molar-refractivity contribution < 1.29 is 9.53 Å². The van der Waals surface area contributed by atoms with Crippen LogP contribution in [-0.2, 0) is 22.6 Å². The third-order valence-electron chi connectivity index (χ3n) is 5.22. The number of esters is 1. The van der Waals surface area contributed by atoms with Crippen LogP contribution in [0.4, 0.5) is 0 Å². The number of hydrogen-bond acceptors (Lipinski definition) is 4. The maximum absolute atomic E-state index is 11.1. The number of rotatable bonds is 12. The molecule has 1 fully saturated rings. The number of nitrogens with zero attached hydrogens (tertiary/aromatic N) is 2. The standard InChI is InChI=1S/C23H38N4O2.HI/c1-3-24-23(25-15-7-5-4-6-10-22(28)29-2)26-18-20-11-13-21(14-12-20)19-27-16-8-9-17-27;/h11-14H,3-10,15-19H2,1-2H3,(H2,24,25,26);1H. The highest BCUT2D eigenvalue weighted by molar-refractivity contribution is 14.0. The Morgan fingerprint density at radius 2 is 1.70 bits per heavy atom. The molecule has 0 amide bonds. The zero-order valence-electron chi connectivity index (χ0n) is 18.6. The van der Waals surface area contributed by atoms with Crippen LogP contribution in [0.2, 0.25) is 0 Å². The molecule has 1 heterocycles. The van der Waals surface area contributed by atoms with Gasteiger partial charge in [0, 0.05) is 26.1 Å². The number of carbonyl (C=O) groups is 1. The number of ether oxygens (including phenoxy) is 1. The van der Waals surface area contributed by atoms with Gasteiger partial charge in [-0.3, -0.25) is 9.69 Å². The first-order valence-electron chi connectivity index (χ1n) is 11.1. The lowest BCUT2D eigenvalue weighted by molar-refractivity contribution is -0.140. The summed E-state index contributed by atoms with van der Waals surface area (Å²) >= 11 is 0. The topological polar surface area (TPSA) is 66.0 Å². The van der Waals surface area contributed by atoms with Crippen LogP contribution in [0.5, 0.6) is 0 Å². The Morgan fingerprint density at radius 1 is 1.03 bits per heavy atom. The van der Waals surface area contributed by atoms with Crippen molar-refractivity contribution in [1.82, 2.24) is 15.5 Å². The predicted octanol–water partition coefficient (Wildman–Crippen LogP) is 4.08. The first-order valence-corrected chi connectivity index (χ1v) is 11.1. The number of guanidine groups is 1. The third kappa shape index (κ3) is 11.2. The molecule has 1 saturated heterocycles. The molecule has 0 atom stereocenters. The lowest BCUT2D eigenvalue weighted by Crippen LogP contribution is -2.37. The number of nitrogens with one attached hydrogen (secondary N) is 2. The summed E-state index contributed by atoms with van der Waals surface area (Å²) in [5.41, 5.74) is 2.62. The molecule has 0 saturated carbocycles. The molecule has 170 valence electrons. The molecule has 6 nitrogen and oxygen atoms in total.